The lowest BCUT2D eigenvalue weighted by Gasteiger charge is -2.32. The summed E-state index contributed by atoms with van der Waals surface area (Å²) in [6, 6.07) is 26.5. The van der Waals surface area contributed by atoms with Crippen LogP contribution < -0.4 is 14.8 Å². The lowest BCUT2D eigenvalue weighted by Crippen LogP contribution is -2.43. The lowest BCUT2D eigenvalue weighted by molar-refractivity contribution is -0.141. The number of benzene rings is 4. The molecule has 2 amide bonds. The topological polar surface area (TPSA) is 67.9 Å². The Morgan fingerprint density at radius 2 is 1.45 bits per heavy atom. The number of hydrogen-bond donors (Lipinski definition) is 1. The molecule has 1 atom stereocenters. The zero-order valence-corrected chi connectivity index (χ0v) is 23.0. The highest BCUT2D eigenvalue weighted by Crippen LogP contribution is 2.29. The van der Waals surface area contributed by atoms with Crippen LogP contribution in [0.4, 0.5) is 4.39 Å². The van der Waals surface area contributed by atoms with Gasteiger partial charge in [-0.25, -0.2) is 4.39 Å². The van der Waals surface area contributed by atoms with Crippen molar-refractivity contribution in [3.8, 4) is 11.5 Å². The lowest BCUT2D eigenvalue weighted by atomic mass is 10.0. The minimum Gasteiger partial charge on any atom is -0.493 e. The Labute approximate surface area is 238 Å². The summed E-state index contributed by atoms with van der Waals surface area (Å²) in [7, 11) is 3.07. The van der Waals surface area contributed by atoms with Crippen LogP contribution in [0.25, 0.3) is 0 Å². The van der Waals surface area contributed by atoms with Crippen LogP contribution in [0.5, 0.6) is 11.5 Å². The van der Waals surface area contributed by atoms with Crippen molar-refractivity contribution in [1.82, 2.24) is 10.2 Å². The second-order valence-corrected chi connectivity index (χ2v) is 9.61. The molecule has 0 fully saturated rings. The normalized spacial score (nSPS) is 11.4. The first-order valence-corrected chi connectivity index (χ1v) is 13.1. The van der Waals surface area contributed by atoms with E-state index < -0.39 is 6.04 Å². The molecule has 4 aromatic carbocycles. The van der Waals surface area contributed by atoms with Gasteiger partial charge in [0, 0.05) is 18.1 Å². The van der Waals surface area contributed by atoms with E-state index in [4.69, 9.17) is 21.1 Å². The Bertz CT molecular complexity index is 1430. The maximum Gasteiger partial charge on any atom is 0.247 e. The smallest absolute Gasteiger partial charge is 0.247 e. The summed E-state index contributed by atoms with van der Waals surface area (Å²) in [5.74, 6) is 0.0343. The molecule has 0 saturated carbocycles. The molecule has 0 bridgehead atoms. The van der Waals surface area contributed by atoms with Crippen molar-refractivity contribution in [3.63, 3.8) is 0 Å². The number of hydrogen-bond acceptors (Lipinski definition) is 4. The predicted octanol–water partition coefficient (Wildman–Crippen LogP) is 6.13. The van der Waals surface area contributed by atoms with E-state index in [2.05, 4.69) is 5.32 Å². The maximum atomic E-state index is 14.0. The summed E-state index contributed by atoms with van der Waals surface area (Å²) >= 11 is 6.00. The molecule has 0 spiro atoms. The van der Waals surface area contributed by atoms with Gasteiger partial charge in [0.05, 0.1) is 20.6 Å². The highest BCUT2D eigenvalue weighted by molar-refractivity contribution is 6.30. The van der Waals surface area contributed by atoms with Gasteiger partial charge in [0.2, 0.25) is 11.8 Å². The van der Waals surface area contributed by atoms with E-state index >= 15 is 0 Å². The number of nitrogens with one attached hydrogen (secondary N) is 1. The molecule has 4 rings (SSSR count). The highest BCUT2D eigenvalue weighted by atomic mass is 35.5. The molecule has 1 N–H and O–H groups in total. The molecule has 0 radical (unpaired) electrons. The SMILES string of the molecule is COc1ccc(CC(=O)N(Cc2ccc(F)cc2)C(C(=O)NCc2ccc(Cl)cc2)c2ccccc2)cc1OC. The summed E-state index contributed by atoms with van der Waals surface area (Å²) in [5, 5.41) is 3.57. The first-order valence-electron chi connectivity index (χ1n) is 12.7. The number of amides is 2. The maximum absolute atomic E-state index is 14.0. The van der Waals surface area contributed by atoms with Gasteiger partial charge < -0.3 is 19.7 Å². The van der Waals surface area contributed by atoms with E-state index in [1.54, 1.807) is 49.6 Å². The Kier molecular flexibility index (Phi) is 9.76. The van der Waals surface area contributed by atoms with E-state index in [9.17, 15) is 14.0 Å². The summed E-state index contributed by atoms with van der Waals surface area (Å²) in [5.41, 5.74) is 2.90. The van der Waals surface area contributed by atoms with Crippen LogP contribution >= 0.6 is 11.6 Å². The van der Waals surface area contributed by atoms with Crippen molar-refractivity contribution in [2.45, 2.75) is 25.6 Å². The van der Waals surface area contributed by atoms with Crippen LogP contribution in [0.15, 0.2) is 97.1 Å². The Morgan fingerprint density at radius 3 is 2.10 bits per heavy atom. The van der Waals surface area contributed by atoms with Crippen LogP contribution in [-0.4, -0.2) is 30.9 Å². The van der Waals surface area contributed by atoms with Crippen LogP contribution in [0.2, 0.25) is 5.02 Å². The monoisotopic (exact) mass is 560 g/mol. The van der Waals surface area contributed by atoms with E-state index in [1.807, 2.05) is 42.5 Å². The second kappa shape index (κ2) is 13.6. The second-order valence-electron chi connectivity index (χ2n) is 9.17. The molecule has 4 aromatic rings. The number of carbonyl (C=O) groups excluding carboxylic acids is 2. The van der Waals surface area contributed by atoms with Crippen molar-refractivity contribution >= 4 is 23.4 Å². The van der Waals surface area contributed by atoms with Gasteiger partial charge in [0.25, 0.3) is 0 Å². The van der Waals surface area contributed by atoms with E-state index in [0.29, 0.717) is 33.2 Å². The number of nitrogens with zero attached hydrogens (tertiary/aromatic N) is 1. The van der Waals surface area contributed by atoms with Gasteiger partial charge in [-0.3, -0.25) is 9.59 Å². The van der Waals surface area contributed by atoms with Crippen LogP contribution in [0.3, 0.4) is 0 Å². The molecule has 6 nitrogen and oxygen atoms in total. The molecule has 1 unspecified atom stereocenters. The minimum absolute atomic E-state index is 0.00927. The van der Waals surface area contributed by atoms with Gasteiger partial charge in [-0.2, -0.15) is 0 Å². The summed E-state index contributed by atoms with van der Waals surface area (Å²) in [4.78, 5) is 29.3. The van der Waals surface area contributed by atoms with Crippen molar-refractivity contribution in [2.75, 3.05) is 14.2 Å². The Balaban J connectivity index is 1.68. The van der Waals surface area contributed by atoms with Gasteiger partial charge in [-0.1, -0.05) is 72.3 Å². The van der Waals surface area contributed by atoms with Crippen molar-refractivity contribution < 1.29 is 23.5 Å². The van der Waals surface area contributed by atoms with Gasteiger partial charge >= 0.3 is 0 Å². The molecule has 8 heteroatoms. The molecule has 206 valence electrons. The summed E-state index contributed by atoms with van der Waals surface area (Å²) < 4.78 is 24.4. The van der Waals surface area contributed by atoms with Crippen molar-refractivity contribution in [1.29, 1.82) is 0 Å². The third-order valence-corrected chi connectivity index (χ3v) is 6.70. The standard InChI is InChI=1S/C32H30ClFN2O4/c1-39-28-17-12-24(18-29(28)40-2)19-30(37)36(21-23-10-15-27(34)16-11-23)31(25-6-4-3-5-7-25)32(38)35-20-22-8-13-26(33)14-9-22/h3-18,31H,19-21H2,1-2H3,(H,35,38). The van der Waals surface area contributed by atoms with Crippen LogP contribution in [0.1, 0.15) is 28.3 Å². The fourth-order valence-corrected chi connectivity index (χ4v) is 4.50. The Hall–Kier alpha value is -4.36. The van der Waals surface area contributed by atoms with Crippen LogP contribution in [0, 0.1) is 5.82 Å². The predicted molar refractivity (Wildman–Crippen MR) is 153 cm³/mol. The highest BCUT2D eigenvalue weighted by Gasteiger charge is 2.31. The molecule has 0 aromatic heterocycles. The van der Waals surface area contributed by atoms with E-state index in [0.717, 1.165) is 5.56 Å². The minimum atomic E-state index is -0.939. The number of carbonyl (C=O) groups is 2. The zero-order valence-electron chi connectivity index (χ0n) is 22.3. The molecule has 0 aliphatic heterocycles. The molecule has 0 heterocycles. The molecule has 0 aliphatic carbocycles. The average Bonchev–Trinajstić information content (AvgIpc) is 2.98. The number of halogens is 2. The third-order valence-electron chi connectivity index (χ3n) is 6.45. The van der Waals surface area contributed by atoms with Gasteiger partial charge in [-0.05, 0) is 58.7 Å². The molecule has 40 heavy (non-hydrogen) atoms. The van der Waals surface area contributed by atoms with E-state index in [1.165, 1.54) is 24.1 Å². The van der Waals surface area contributed by atoms with E-state index in [-0.39, 0.29) is 37.1 Å². The summed E-state index contributed by atoms with van der Waals surface area (Å²) in [6.07, 6.45) is 0.00927. The molecule has 0 saturated heterocycles. The summed E-state index contributed by atoms with van der Waals surface area (Å²) in [6.45, 7) is 0.355. The number of rotatable bonds is 11. The number of ether oxygens (including phenoxy) is 2. The quantitative estimate of drug-likeness (QED) is 0.240. The van der Waals surface area contributed by atoms with Gasteiger partial charge in [-0.15, -0.1) is 0 Å². The third kappa shape index (κ3) is 7.39. The molecular formula is C32H30ClFN2O4. The molecule has 0 aliphatic rings. The first kappa shape index (κ1) is 28.6. The van der Waals surface area contributed by atoms with Crippen LogP contribution in [-0.2, 0) is 29.1 Å². The van der Waals surface area contributed by atoms with Gasteiger partial charge in [0.15, 0.2) is 11.5 Å². The van der Waals surface area contributed by atoms with Gasteiger partial charge in [0.1, 0.15) is 11.9 Å². The average molecular weight is 561 g/mol. The van der Waals surface area contributed by atoms with Crippen molar-refractivity contribution in [3.05, 3.63) is 130 Å². The fraction of sp³-hybridized carbons (Fsp3) is 0.188. The largest absolute Gasteiger partial charge is 0.493 e. The first-order chi connectivity index (χ1) is 19.4. The fourth-order valence-electron chi connectivity index (χ4n) is 4.37. The van der Waals surface area contributed by atoms with Crippen molar-refractivity contribution in [2.24, 2.45) is 0 Å². The number of methoxy groups -OCH3 is 2. The zero-order chi connectivity index (χ0) is 28.5. The molecular weight excluding hydrogens is 531 g/mol. The Morgan fingerprint density at radius 1 is 0.825 bits per heavy atom.